The normalized spacial score (nSPS) is 41.4. The molecule has 2 heterocycles. The van der Waals surface area contributed by atoms with E-state index in [1.807, 2.05) is 13.8 Å². The van der Waals surface area contributed by atoms with Crippen LogP contribution in [0.3, 0.4) is 0 Å². The van der Waals surface area contributed by atoms with Crippen molar-refractivity contribution in [3.05, 3.63) is 0 Å². The standard InChI is InChI=1S/C11H18O3/c1-10(2)11(8-12,4-6-14-10)9-3-5-13-7-9/h8-9H,3-7H2,1-2H3. The molecule has 0 spiro atoms. The van der Waals surface area contributed by atoms with Gasteiger partial charge in [-0.25, -0.2) is 0 Å². The Labute approximate surface area is 84.8 Å². The first-order valence-corrected chi connectivity index (χ1v) is 5.30. The highest BCUT2D eigenvalue weighted by Crippen LogP contribution is 2.49. The number of hydrogen-bond acceptors (Lipinski definition) is 3. The third-order valence-corrected chi connectivity index (χ3v) is 3.97. The van der Waals surface area contributed by atoms with Crippen LogP contribution < -0.4 is 0 Å². The predicted molar refractivity (Wildman–Crippen MR) is 52.1 cm³/mol. The average molecular weight is 198 g/mol. The molecular weight excluding hydrogens is 180 g/mol. The summed E-state index contributed by atoms with van der Waals surface area (Å²) in [4.78, 5) is 11.4. The molecule has 80 valence electrons. The highest BCUT2D eigenvalue weighted by molar-refractivity contribution is 5.63. The van der Waals surface area contributed by atoms with Crippen LogP contribution in [0, 0.1) is 11.3 Å². The van der Waals surface area contributed by atoms with Crippen molar-refractivity contribution >= 4 is 6.29 Å². The third kappa shape index (κ3) is 1.22. The van der Waals surface area contributed by atoms with Gasteiger partial charge in [0.2, 0.25) is 0 Å². The van der Waals surface area contributed by atoms with Gasteiger partial charge >= 0.3 is 0 Å². The molecule has 0 N–H and O–H groups in total. The van der Waals surface area contributed by atoms with Crippen molar-refractivity contribution in [2.75, 3.05) is 19.8 Å². The lowest BCUT2D eigenvalue weighted by Gasteiger charge is -2.39. The molecule has 0 aliphatic carbocycles. The first-order valence-electron chi connectivity index (χ1n) is 5.30. The maximum Gasteiger partial charge on any atom is 0.129 e. The molecule has 2 unspecified atom stereocenters. The van der Waals surface area contributed by atoms with Gasteiger partial charge in [-0.1, -0.05) is 0 Å². The molecule has 0 saturated carbocycles. The van der Waals surface area contributed by atoms with Gasteiger partial charge in [-0.05, 0) is 32.6 Å². The van der Waals surface area contributed by atoms with Gasteiger partial charge in [-0.3, -0.25) is 0 Å². The Hall–Kier alpha value is -0.410. The van der Waals surface area contributed by atoms with E-state index < -0.39 is 0 Å². The van der Waals surface area contributed by atoms with E-state index in [-0.39, 0.29) is 11.0 Å². The van der Waals surface area contributed by atoms with Crippen molar-refractivity contribution in [1.82, 2.24) is 0 Å². The first-order chi connectivity index (χ1) is 6.62. The van der Waals surface area contributed by atoms with E-state index in [2.05, 4.69) is 0 Å². The summed E-state index contributed by atoms with van der Waals surface area (Å²) in [7, 11) is 0. The average Bonchev–Trinajstić information content (AvgIpc) is 2.72. The number of hydrogen-bond donors (Lipinski definition) is 0. The van der Waals surface area contributed by atoms with E-state index in [0.29, 0.717) is 19.1 Å². The minimum Gasteiger partial charge on any atom is -0.381 e. The molecule has 0 amide bonds. The molecule has 3 nitrogen and oxygen atoms in total. The zero-order valence-electron chi connectivity index (χ0n) is 8.91. The number of rotatable bonds is 2. The Morgan fingerprint density at radius 1 is 1.36 bits per heavy atom. The Kier molecular flexibility index (Phi) is 2.40. The van der Waals surface area contributed by atoms with Crippen molar-refractivity contribution in [2.45, 2.75) is 32.3 Å². The van der Waals surface area contributed by atoms with Gasteiger partial charge in [0, 0.05) is 13.2 Å². The fraction of sp³-hybridized carbons (Fsp3) is 0.909. The van der Waals surface area contributed by atoms with Crippen LogP contribution in [0.25, 0.3) is 0 Å². The molecule has 0 aromatic carbocycles. The number of carbonyl (C=O) groups is 1. The van der Waals surface area contributed by atoms with Gasteiger partial charge in [-0.2, -0.15) is 0 Å². The SMILES string of the molecule is CC1(C)OCCC1(C=O)C1CCOC1. The van der Waals surface area contributed by atoms with E-state index >= 15 is 0 Å². The zero-order valence-corrected chi connectivity index (χ0v) is 8.91. The molecule has 2 atom stereocenters. The third-order valence-electron chi connectivity index (χ3n) is 3.97. The van der Waals surface area contributed by atoms with Gasteiger partial charge in [0.15, 0.2) is 0 Å². The molecule has 2 aliphatic rings. The summed E-state index contributed by atoms with van der Waals surface area (Å²) in [6, 6.07) is 0. The predicted octanol–water partition coefficient (Wildman–Crippen LogP) is 1.41. The van der Waals surface area contributed by atoms with E-state index in [9.17, 15) is 4.79 Å². The van der Waals surface area contributed by atoms with Crippen molar-refractivity contribution < 1.29 is 14.3 Å². The molecule has 2 fully saturated rings. The highest BCUT2D eigenvalue weighted by atomic mass is 16.5. The van der Waals surface area contributed by atoms with Gasteiger partial charge in [-0.15, -0.1) is 0 Å². The second kappa shape index (κ2) is 3.31. The first kappa shape index (κ1) is 10.1. The van der Waals surface area contributed by atoms with Crippen LogP contribution in [0.1, 0.15) is 26.7 Å². The van der Waals surface area contributed by atoms with Gasteiger partial charge in [0.1, 0.15) is 6.29 Å². The lowest BCUT2D eigenvalue weighted by atomic mass is 9.65. The highest BCUT2D eigenvalue weighted by Gasteiger charge is 2.55. The van der Waals surface area contributed by atoms with Gasteiger partial charge in [0.05, 0.1) is 17.6 Å². The second-order valence-electron chi connectivity index (χ2n) is 4.83. The fourth-order valence-electron chi connectivity index (χ4n) is 2.84. The van der Waals surface area contributed by atoms with E-state index in [1.54, 1.807) is 0 Å². The van der Waals surface area contributed by atoms with Crippen molar-refractivity contribution in [3.8, 4) is 0 Å². The van der Waals surface area contributed by atoms with Crippen LogP contribution in [-0.2, 0) is 14.3 Å². The molecule has 2 aliphatic heterocycles. The molecule has 0 bridgehead atoms. The van der Waals surface area contributed by atoms with Crippen LogP contribution in [0.4, 0.5) is 0 Å². The maximum atomic E-state index is 11.4. The molecule has 3 heteroatoms. The second-order valence-corrected chi connectivity index (χ2v) is 4.83. The summed E-state index contributed by atoms with van der Waals surface area (Å²) in [6.45, 7) is 6.24. The topological polar surface area (TPSA) is 35.5 Å². The number of carbonyl (C=O) groups excluding carboxylic acids is 1. The van der Waals surface area contributed by atoms with Crippen LogP contribution in [0.2, 0.25) is 0 Å². The molecule has 2 rings (SSSR count). The van der Waals surface area contributed by atoms with E-state index in [4.69, 9.17) is 9.47 Å². The summed E-state index contributed by atoms with van der Waals surface area (Å²) >= 11 is 0. The summed E-state index contributed by atoms with van der Waals surface area (Å²) in [5.41, 5.74) is -0.642. The van der Waals surface area contributed by atoms with Gasteiger partial charge < -0.3 is 14.3 Å². The Bertz CT molecular complexity index is 231. The van der Waals surface area contributed by atoms with Crippen LogP contribution in [0.15, 0.2) is 0 Å². The van der Waals surface area contributed by atoms with E-state index in [0.717, 1.165) is 25.7 Å². The lowest BCUT2D eigenvalue weighted by molar-refractivity contribution is -0.131. The Balaban J connectivity index is 2.27. The van der Waals surface area contributed by atoms with Crippen molar-refractivity contribution in [2.24, 2.45) is 11.3 Å². The Morgan fingerprint density at radius 3 is 2.57 bits per heavy atom. The number of ether oxygens (including phenoxy) is 2. The van der Waals surface area contributed by atoms with Crippen molar-refractivity contribution in [3.63, 3.8) is 0 Å². The summed E-state index contributed by atoms with van der Waals surface area (Å²) in [6.07, 6.45) is 2.95. The zero-order chi connectivity index (χ0) is 10.2. The maximum absolute atomic E-state index is 11.4. The largest absolute Gasteiger partial charge is 0.381 e. The molecule has 14 heavy (non-hydrogen) atoms. The monoisotopic (exact) mass is 198 g/mol. The van der Waals surface area contributed by atoms with Gasteiger partial charge in [0.25, 0.3) is 0 Å². The van der Waals surface area contributed by atoms with Crippen LogP contribution in [-0.4, -0.2) is 31.7 Å². The summed E-state index contributed by atoms with van der Waals surface area (Å²) in [5, 5.41) is 0. The summed E-state index contributed by atoms with van der Waals surface area (Å²) in [5.74, 6) is 0.345. The minimum absolute atomic E-state index is 0.316. The quantitative estimate of drug-likeness (QED) is 0.629. The van der Waals surface area contributed by atoms with Crippen LogP contribution >= 0.6 is 0 Å². The molecule has 0 aromatic rings. The smallest absolute Gasteiger partial charge is 0.129 e. The van der Waals surface area contributed by atoms with Crippen molar-refractivity contribution in [1.29, 1.82) is 0 Å². The van der Waals surface area contributed by atoms with Crippen LogP contribution in [0.5, 0.6) is 0 Å². The number of aldehydes is 1. The summed E-state index contributed by atoms with van der Waals surface area (Å²) < 4.78 is 11.0. The lowest BCUT2D eigenvalue weighted by Crippen LogP contribution is -2.47. The molecular formula is C11H18O3. The minimum atomic E-state index is -0.326. The molecule has 0 radical (unpaired) electrons. The molecule has 0 aromatic heterocycles. The Morgan fingerprint density at radius 2 is 2.14 bits per heavy atom. The molecule has 2 saturated heterocycles. The van der Waals surface area contributed by atoms with E-state index in [1.165, 1.54) is 0 Å². The fourth-order valence-corrected chi connectivity index (χ4v) is 2.84.